The van der Waals surface area contributed by atoms with Crippen molar-refractivity contribution < 1.29 is 22.7 Å². The first kappa shape index (κ1) is 34.0. The zero-order valence-corrected chi connectivity index (χ0v) is 28.2. The van der Waals surface area contributed by atoms with Crippen LogP contribution in [0.25, 0.3) is 0 Å². The molecule has 5 rings (SSSR count). The second-order valence-corrected chi connectivity index (χ2v) is 14.2. The Bertz CT molecular complexity index is 1780. The number of aryl methyl sites for hydroxylation is 1. The highest BCUT2D eigenvalue weighted by atomic mass is 35.5. The molecular weight excluding hydrogens is 634 g/mol. The Morgan fingerprint density at radius 3 is 2.23 bits per heavy atom. The lowest BCUT2D eigenvalue weighted by Gasteiger charge is -2.34. The van der Waals surface area contributed by atoms with Crippen molar-refractivity contribution in [1.29, 1.82) is 0 Å². The second kappa shape index (κ2) is 15.5. The van der Waals surface area contributed by atoms with Gasteiger partial charge in [0.1, 0.15) is 18.3 Å². The SMILES string of the molecule is COc1ccc(S(=O)(=O)N(CC(=O)N(Cc2cccc(C)c2)[C@H](Cc2ccccc2)C(=O)NC2CCCC2)c2cccc(Cl)c2)cc1. The summed E-state index contributed by atoms with van der Waals surface area (Å²) < 4.78 is 34.7. The van der Waals surface area contributed by atoms with Gasteiger partial charge in [0.05, 0.1) is 17.7 Å². The van der Waals surface area contributed by atoms with Crippen molar-refractivity contribution in [3.8, 4) is 5.75 Å². The molecule has 1 saturated carbocycles. The van der Waals surface area contributed by atoms with Gasteiger partial charge in [-0.15, -0.1) is 0 Å². The first-order chi connectivity index (χ1) is 22.6. The maximum absolute atomic E-state index is 14.6. The van der Waals surface area contributed by atoms with Gasteiger partial charge in [0.15, 0.2) is 0 Å². The second-order valence-electron chi connectivity index (χ2n) is 11.9. The van der Waals surface area contributed by atoms with Crippen LogP contribution in [0.5, 0.6) is 5.75 Å². The van der Waals surface area contributed by atoms with Crippen LogP contribution < -0.4 is 14.4 Å². The molecule has 2 amide bonds. The maximum atomic E-state index is 14.6. The Kier molecular flexibility index (Phi) is 11.2. The van der Waals surface area contributed by atoms with Gasteiger partial charge in [-0.25, -0.2) is 8.42 Å². The Morgan fingerprint density at radius 1 is 0.894 bits per heavy atom. The van der Waals surface area contributed by atoms with Gasteiger partial charge >= 0.3 is 0 Å². The first-order valence-corrected chi connectivity index (χ1v) is 17.6. The number of hydrogen-bond acceptors (Lipinski definition) is 5. The van der Waals surface area contributed by atoms with E-state index in [1.165, 1.54) is 30.2 Å². The third-order valence-corrected chi connectivity index (χ3v) is 10.5. The largest absolute Gasteiger partial charge is 0.497 e. The predicted molar refractivity (Wildman–Crippen MR) is 185 cm³/mol. The highest BCUT2D eigenvalue weighted by molar-refractivity contribution is 7.92. The molecule has 1 atom stereocenters. The lowest BCUT2D eigenvalue weighted by Crippen LogP contribution is -2.54. The standard InChI is InChI=1S/C37H40ClN3O5S/c1-27-10-8-13-29(22-27)25-40(35(23-28-11-4-3-5-12-28)37(43)39-31-15-6-7-16-31)36(42)26-41(32-17-9-14-30(38)24-32)47(44,45)34-20-18-33(46-2)19-21-34/h3-5,8-14,17-22,24,31,35H,6-7,15-16,23,25-26H2,1-2H3,(H,39,43)/t35-/m1/s1. The molecule has 0 aromatic heterocycles. The zero-order chi connectivity index (χ0) is 33.4. The van der Waals surface area contributed by atoms with E-state index in [1.54, 1.807) is 30.3 Å². The van der Waals surface area contributed by atoms with Gasteiger partial charge in [0, 0.05) is 24.0 Å². The van der Waals surface area contributed by atoms with E-state index in [0.29, 0.717) is 10.8 Å². The molecular formula is C37H40ClN3O5S. The van der Waals surface area contributed by atoms with E-state index in [0.717, 1.165) is 46.7 Å². The quantitative estimate of drug-likeness (QED) is 0.174. The smallest absolute Gasteiger partial charge is 0.264 e. The molecule has 0 radical (unpaired) electrons. The highest BCUT2D eigenvalue weighted by Gasteiger charge is 2.35. The van der Waals surface area contributed by atoms with E-state index in [4.69, 9.17) is 16.3 Å². The lowest BCUT2D eigenvalue weighted by atomic mass is 10.0. The molecule has 0 heterocycles. The highest BCUT2D eigenvalue weighted by Crippen LogP contribution is 2.28. The number of carbonyl (C=O) groups is 2. The van der Waals surface area contributed by atoms with E-state index < -0.39 is 28.5 Å². The summed E-state index contributed by atoms with van der Waals surface area (Å²) in [5, 5.41) is 3.52. The Hall–Kier alpha value is -4.34. The van der Waals surface area contributed by atoms with Crippen molar-refractivity contribution in [2.24, 2.45) is 0 Å². The fraction of sp³-hybridized carbons (Fsp3) is 0.297. The summed E-state index contributed by atoms with van der Waals surface area (Å²) in [6.45, 7) is 1.52. The van der Waals surface area contributed by atoms with Crippen LogP contribution in [0.2, 0.25) is 5.02 Å². The van der Waals surface area contributed by atoms with Crippen LogP contribution in [-0.2, 0) is 32.6 Å². The van der Waals surface area contributed by atoms with Gasteiger partial charge in [-0.1, -0.05) is 90.7 Å². The number of carbonyl (C=O) groups excluding carboxylic acids is 2. The summed E-state index contributed by atoms with van der Waals surface area (Å²) in [6, 6.07) is 28.8. The Labute approximate surface area is 282 Å². The normalized spacial score (nSPS) is 13.9. The number of ether oxygens (including phenoxy) is 1. The topological polar surface area (TPSA) is 96.0 Å². The maximum Gasteiger partial charge on any atom is 0.264 e. The molecule has 0 aliphatic heterocycles. The number of anilines is 1. The summed E-state index contributed by atoms with van der Waals surface area (Å²) in [5.74, 6) is -0.282. The molecule has 1 N–H and O–H groups in total. The van der Waals surface area contributed by atoms with Crippen LogP contribution in [0.1, 0.15) is 42.4 Å². The third kappa shape index (κ3) is 8.73. The van der Waals surface area contributed by atoms with Gasteiger partial charge in [-0.3, -0.25) is 13.9 Å². The van der Waals surface area contributed by atoms with Crippen LogP contribution in [0.4, 0.5) is 5.69 Å². The number of nitrogens with zero attached hydrogens (tertiary/aromatic N) is 2. The van der Waals surface area contributed by atoms with Crippen LogP contribution in [0.3, 0.4) is 0 Å². The lowest BCUT2D eigenvalue weighted by molar-refractivity contribution is -0.140. The van der Waals surface area contributed by atoms with Crippen molar-refractivity contribution in [3.05, 3.63) is 125 Å². The predicted octanol–water partition coefficient (Wildman–Crippen LogP) is 6.55. The molecule has 10 heteroatoms. The minimum absolute atomic E-state index is 0.0175. The molecule has 1 fully saturated rings. The first-order valence-electron chi connectivity index (χ1n) is 15.8. The van der Waals surface area contributed by atoms with Crippen molar-refractivity contribution in [2.75, 3.05) is 18.0 Å². The molecule has 0 unspecified atom stereocenters. The molecule has 1 aliphatic rings. The average molecular weight is 674 g/mol. The van der Waals surface area contributed by atoms with Gasteiger partial charge < -0.3 is 15.0 Å². The third-order valence-electron chi connectivity index (χ3n) is 8.43. The monoisotopic (exact) mass is 673 g/mol. The molecule has 0 bridgehead atoms. The molecule has 246 valence electrons. The van der Waals surface area contributed by atoms with Crippen molar-refractivity contribution in [1.82, 2.24) is 10.2 Å². The van der Waals surface area contributed by atoms with E-state index in [9.17, 15) is 18.0 Å². The van der Waals surface area contributed by atoms with Gasteiger partial charge in [-0.2, -0.15) is 0 Å². The van der Waals surface area contributed by atoms with E-state index in [1.807, 2.05) is 61.5 Å². The Balaban J connectivity index is 1.56. The number of hydrogen-bond donors (Lipinski definition) is 1. The number of methoxy groups -OCH3 is 1. The summed E-state index contributed by atoms with van der Waals surface area (Å²) >= 11 is 6.32. The van der Waals surface area contributed by atoms with E-state index in [2.05, 4.69) is 5.32 Å². The van der Waals surface area contributed by atoms with Gasteiger partial charge in [-0.05, 0) is 73.4 Å². The van der Waals surface area contributed by atoms with Crippen molar-refractivity contribution in [2.45, 2.75) is 62.6 Å². The summed E-state index contributed by atoms with van der Waals surface area (Å²) in [4.78, 5) is 30.3. The number of rotatable bonds is 13. The Morgan fingerprint density at radius 2 is 1.57 bits per heavy atom. The fourth-order valence-corrected chi connectivity index (χ4v) is 7.55. The zero-order valence-electron chi connectivity index (χ0n) is 26.6. The minimum Gasteiger partial charge on any atom is -0.497 e. The van der Waals surface area contributed by atoms with E-state index >= 15 is 0 Å². The molecule has 4 aromatic carbocycles. The van der Waals surface area contributed by atoms with Gasteiger partial charge in [0.25, 0.3) is 10.0 Å². The molecule has 0 spiro atoms. The number of sulfonamides is 1. The molecule has 8 nitrogen and oxygen atoms in total. The summed E-state index contributed by atoms with van der Waals surface area (Å²) in [7, 11) is -2.76. The summed E-state index contributed by atoms with van der Waals surface area (Å²) in [6.07, 6.45) is 4.12. The molecule has 1 aliphatic carbocycles. The van der Waals surface area contributed by atoms with Crippen molar-refractivity contribution >= 4 is 39.1 Å². The van der Waals surface area contributed by atoms with Crippen LogP contribution >= 0.6 is 11.6 Å². The average Bonchev–Trinajstić information content (AvgIpc) is 3.58. The summed E-state index contributed by atoms with van der Waals surface area (Å²) in [5.41, 5.74) is 2.95. The van der Waals surface area contributed by atoms with E-state index in [-0.39, 0.29) is 35.5 Å². The number of halogens is 1. The van der Waals surface area contributed by atoms with Crippen LogP contribution in [0.15, 0.2) is 108 Å². The number of nitrogens with one attached hydrogen (secondary N) is 1. The van der Waals surface area contributed by atoms with Crippen LogP contribution in [-0.4, -0.2) is 50.9 Å². The fourth-order valence-electron chi connectivity index (χ4n) is 5.96. The number of benzene rings is 4. The van der Waals surface area contributed by atoms with Crippen LogP contribution in [0, 0.1) is 6.92 Å². The molecule has 4 aromatic rings. The molecule has 0 saturated heterocycles. The van der Waals surface area contributed by atoms with Gasteiger partial charge in [0.2, 0.25) is 11.8 Å². The number of amides is 2. The minimum atomic E-state index is -4.26. The molecule has 47 heavy (non-hydrogen) atoms. The van der Waals surface area contributed by atoms with Crippen molar-refractivity contribution in [3.63, 3.8) is 0 Å².